The minimum Gasteiger partial charge on any atom is -0.312 e. The maximum atomic E-state index is 13.7. The van der Waals surface area contributed by atoms with Gasteiger partial charge in [-0.2, -0.15) is 0 Å². The summed E-state index contributed by atoms with van der Waals surface area (Å²) in [5.74, 6) is -0.237. The molecule has 0 bridgehead atoms. The van der Waals surface area contributed by atoms with Crippen molar-refractivity contribution >= 4 is 21.2 Å². The van der Waals surface area contributed by atoms with E-state index in [2.05, 4.69) is 14.7 Å². The average Bonchev–Trinajstić information content (AvgIpc) is 2.92. The van der Waals surface area contributed by atoms with E-state index in [1.54, 1.807) is 12.3 Å². The first-order valence-electron chi connectivity index (χ1n) is 7.57. The summed E-state index contributed by atoms with van der Waals surface area (Å²) in [5, 5.41) is 0. The molecule has 0 unspecified atom stereocenters. The number of rotatable bonds is 6. The summed E-state index contributed by atoms with van der Waals surface area (Å²) in [5.41, 5.74) is 1.41. The fraction of sp³-hybridized carbons (Fsp3) is 0.250. The second-order valence-electron chi connectivity index (χ2n) is 5.28. The quantitative estimate of drug-likeness (QED) is 0.742. The van der Waals surface area contributed by atoms with Crippen molar-refractivity contribution in [2.45, 2.75) is 31.3 Å². The van der Waals surface area contributed by atoms with Gasteiger partial charge in [0.1, 0.15) is 22.1 Å². The molecular weight excluding hydrogens is 331 g/mol. The van der Waals surface area contributed by atoms with Crippen LogP contribution in [0.4, 0.5) is 4.39 Å². The number of nitrogens with zero attached hydrogens (tertiary/aromatic N) is 3. The van der Waals surface area contributed by atoms with Crippen molar-refractivity contribution in [2.24, 2.45) is 0 Å². The van der Waals surface area contributed by atoms with E-state index in [1.165, 1.54) is 18.2 Å². The Morgan fingerprint density at radius 3 is 2.75 bits per heavy atom. The lowest BCUT2D eigenvalue weighted by Crippen LogP contribution is -2.26. The number of sulfonamides is 1. The molecule has 24 heavy (non-hydrogen) atoms. The molecule has 0 amide bonds. The molecule has 3 rings (SSSR count). The molecule has 6 nitrogen and oxygen atoms in total. The van der Waals surface area contributed by atoms with Gasteiger partial charge in [-0.15, -0.1) is 0 Å². The molecule has 2 aromatic heterocycles. The highest BCUT2D eigenvalue weighted by Gasteiger charge is 2.20. The van der Waals surface area contributed by atoms with Crippen LogP contribution in [-0.4, -0.2) is 23.0 Å². The summed E-state index contributed by atoms with van der Waals surface area (Å²) in [6, 6.07) is 8.87. The predicted molar refractivity (Wildman–Crippen MR) is 88.2 cm³/mol. The number of benzene rings is 1. The summed E-state index contributed by atoms with van der Waals surface area (Å²) >= 11 is 0. The number of nitrogens with one attached hydrogen (secondary N) is 1. The normalized spacial score (nSPS) is 11.9. The molecule has 3 aromatic rings. The fourth-order valence-corrected chi connectivity index (χ4v) is 3.56. The van der Waals surface area contributed by atoms with Crippen molar-refractivity contribution in [3.05, 3.63) is 54.2 Å². The topological polar surface area (TPSA) is 76.9 Å². The number of pyridine rings is 1. The van der Waals surface area contributed by atoms with E-state index < -0.39 is 15.8 Å². The van der Waals surface area contributed by atoms with E-state index in [0.717, 1.165) is 12.5 Å². The Bertz CT molecular complexity index is 969. The van der Waals surface area contributed by atoms with Gasteiger partial charge in [0.15, 0.2) is 5.65 Å². The fourth-order valence-electron chi connectivity index (χ4n) is 2.50. The molecular formula is C16H17FN4O2S. The molecule has 0 saturated heterocycles. The first kappa shape index (κ1) is 16.5. The maximum absolute atomic E-state index is 13.7. The van der Waals surface area contributed by atoms with Gasteiger partial charge in [-0.25, -0.2) is 27.5 Å². The Balaban J connectivity index is 1.90. The smallest absolute Gasteiger partial charge is 0.243 e. The molecule has 0 spiro atoms. The van der Waals surface area contributed by atoms with Gasteiger partial charge in [0.2, 0.25) is 10.0 Å². The van der Waals surface area contributed by atoms with Crippen LogP contribution in [-0.2, 0) is 23.1 Å². The molecule has 1 N–H and O–H groups in total. The van der Waals surface area contributed by atoms with Gasteiger partial charge in [0, 0.05) is 12.7 Å². The second kappa shape index (κ2) is 6.66. The van der Waals surface area contributed by atoms with E-state index in [-0.39, 0.29) is 11.4 Å². The van der Waals surface area contributed by atoms with Crippen LogP contribution < -0.4 is 4.72 Å². The van der Waals surface area contributed by atoms with E-state index in [1.807, 2.05) is 17.6 Å². The Kier molecular flexibility index (Phi) is 4.59. The maximum Gasteiger partial charge on any atom is 0.243 e. The van der Waals surface area contributed by atoms with Gasteiger partial charge in [0.25, 0.3) is 0 Å². The van der Waals surface area contributed by atoms with Crippen molar-refractivity contribution in [1.29, 1.82) is 0 Å². The summed E-state index contributed by atoms with van der Waals surface area (Å²) in [4.78, 5) is 8.36. The highest BCUT2D eigenvalue weighted by molar-refractivity contribution is 7.89. The number of aryl methyl sites for hydroxylation is 1. The highest BCUT2D eigenvalue weighted by atomic mass is 32.2. The summed E-state index contributed by atoms with van der Waals surface area (Å²) < 4.78 is 42.6. The number of fused-ring (bicyclic) bond motifs is 1. The number of aromatic nitrogens is 3. The van der Waals surface area contributed by atoms with Crippen LogP contribution in [0.3, 0.4) is 0 Å². The molecule has 0 radical (unpaired) electrons. The van der Waals surface area contributed by atoms with Crippen LogP contribution in [0.2, 0.25) is 0 Å². The van der Waals surface area contributed by atoms with E-state index in [4.69, 9.17) is 0 Å². The van der Waals surface area contributed by atoms with Crippen molar-refractivity contribution in [3.8, 4) is 0 Å². The second-order valence-corrected chi connectivity index (χ2v) is 7.02. The molecule has 2 heterocycles. The van der Waals surface area contributed by atoms with Crippen molar-refractivity contribution in [1.82, 2.24) is 19.3 Å². The van der Waals surface area contributed by atoms with Crippen molar-refractivity contribution < 1.29 is 12.8 Å². The standard InChI is InChI=1S/C16H17FN4O2S/c1-2-10-21-15(20-13-7-5-9-18-16(13)21)11-19-24(22,23)14-8-4-3-6-12(14)17/h3-9,19H,2,10-11H2,1H3. The summed E-state index contributed by atoms with van der Waals surface area (Å²) in [6.45, 7) is 2.65. The predicted octanol–water partition coefficient (Wildman–Crippen LogP) is 2.46. The van der Waals surface area contributed by atoms with Gasteiger partial charge in [0.05, 0.1) is 6.54 Å². The number of imidazole rings is 1. The van der Waals surface area contributed by atoms with Crippen molar-refractivity contribution in [3.63, 3.8) is 0 Å². The molecule has 1 aromatic carbocycles. The zero-order chi connectivity index (χ0) is 17.2. The van der Waals surface area contributed by atoms with Crippen molar-refractivity contribution in [2.75, 3.05) is 0 Å². The minimum absolute atomic E-state index is 0.0347. The summed E-state index contributed by atoms with van der Waals surface area (Å²) in [6.07, 6.45) is 2.53. The Morgan fingerprint density at radius 2 is 2.00 bits per heavy atom. The monoisotopic (exact) mass is 348 g/mol. The highest BCUT2D eigenvalue weighted by Crippen LogP contribution is 2.16. The van der Waals surface area contributed by atoms with Gasteiger partial charge in [-0.1, -0.05) is 19.1 Å². The van der Waals surface area contributed by atoms with Crippen LogP contribution in [0.15, 0.2) is 47.5 Å². The Labute approximate surface area is 139 Å². The number of hydrogen-bond acceptors (Lipinski definition) is 4. The van der Waals surface area contributed by atoms with Gasteiger partial charge in [-0.3, -0.25) is 0 Å². The molecule has 0 atom stereocenters. The molecule has 0 aliphatic carbocycles. The number of hydrogen-bond donors (Lipinski definition) is 1. The summed E-state index contributed by atoms with van der Waals surface area (Å²) in [7, 11) is -3.96. The van der Waals surface area contributed by atoms with Crippen LogP contribution in [0.5, 0.6) is 0 Å². The van der Waals surface area contributed by atoms with E-state index in [9.17, 15) is 12.8 Å². The van der Waals surface area contributed by atoms with E-state index >= 15 is 0 Å². The zero-order valence-electron chi connectivity index (χ0n) is 13.1. The third-order valence-corrected chi connectivity index (χ3v) is 5.01. The molecule has 126 valence electrons. The third kappa shape index (κ3) is 3.15. The SMILES string of the molecule is CCCn1c(CNS(=O)(=O)c2ccccc2F)nc2cccnc21. The van der Waals surface area contributed by atoms with Gasteiger partial charge in [-0.05, 0) is 30.7 Å². The lowest BCUT2D eigenvalue weighted by atomic mass is 10.4. The first-order chi connectivity index (χ1) is 11.5. The zero-order valence-corrected chi connectivity index (χ0v) is 13.9. The minimum atomic E-state index is -3.96. The van der Waals surface area contributed by atoms with Crippen LogP contribution >= 0.6 is 0 Å². The van der Waals surface area contributed by atoms with Crippen LogP contribution in [0.1, 0.15) is 19.2 Å². The molecule has 0 aliphatic heterocycles. The largest absolute Gasteiger partial charge is 0.312 e. The first-order valence-corrected chi connectivity index (χ1v) is 9.05. The Hall–Kier alpha value is -2.32. The van der Waals surface area contributed by atoms with E-state index in [0.29, 0.717) is 23.5 Å². The molecule has 8 heteroatoms. The lowest BCUT2D eigenvalue weighted by Gasteiger charge is -2.09. The number of halogens is 1. The van der Waals surface area contributed by atoms with Gasteiger partial charge >= 0.3 is 0 Å². The average molecular weight is 348 g/mol. The lowest BCUT2D eigenvalue weighted by molar-refractivity contribution is 0.552. The molecule has 0 fully saturated rings. The van der Waals surface area contributed by atoms with Crippen LogP contribution in [0, 0.1) is 5.82 Å². The molecule has 0 saturated carbocycles. The van der Waals surface area contributed by atoms with Gasteiger partial charge < -0.3 is 4.57 Å². The molecule has 0 aliphatic rings. The third-order valence-electron chi connectivity index (χ3n) is 3.58. The van der Waals surface area contributed by atoms with Crippen LogP contribution in [0.25, 0.3) is 11.2 Å². The Morgan fingerprint density at radius 1 is 1.21 bits per heavy atom.